The Balaban J connectivity index is 2.78. The van der Waals surface area contributed by atoms with Crippen LogP contribution in [-0.2, 0) is 0 Å². The molecule has 1 unspecified atom stereocenters. The van der Waals surface area contributed by atoms with Crippen LogP contribution < -0.4 is 4.74 Å². The SMILES string of the molecule is CC(CBr)COc1cc([N+](=O)[O-])ccc1Br. The molecule has 1 rings (SSSR count). The number of rotatable bonds is 5. The second-order valence-electron chi connectivity index (χ2n) is 3.44. The molecule has 4 nitrogen and oxygen atoms in total. The van der Waals surface area contributed by atoms with Crippen molar-refractivity contribution in [1.29, 1.82) is 0 Å². The number of nitrogens with zero attached hydrogens (tertiary/aromatic N) is 1. The van der Waals surface area contributed by atoms with Crippen LogP contribution in [0.4, 0.5) is 5.69 Å². The van der Waals surface area contributed by atoms with Crippen LogP contribution in [0.5, 0.6) is 5.75 Å². The standard InChI is InChI=1S/C10H11Br2NO3/c1-7(5-11)6-16-10-4-8(13(14)15)2-3-9(10)12/h2-4,7H,5-6H2,1H3. The summed E-state index contributed by atoms with van der Waals surface area (Å²) in [4.78, 5) is 10.1. The van der Waals surface area contributed by atoms with Gasteiger partial charge in [0.1, 0.15) is 5.75 Å². The van der Waals surface area contributed by atoms with Crippen LogP contribution >= 0.6 is 31.9 Å². The Bertz CT molecular complexity index is 384. The Morgan fingerprint density at radius 1 is 1.56 bits per heavy atom. The highest BCUT2D eigenvalue weighted by atomic mass is 79.9. The Labute approximate surface area is 110 Å². The van der Waals surface area contributed by atoms with Gasteiger partial charge in [-0.1, -0.05) is 22.9 Å². The van der Waals surface area contributed by atoms with Gasteiger partial charge in [0.25, 0.3) is 5.69 Å². The molecular formula is C10H11Br2NO3. The summed E-state index contributed by atoms with van der Waals surface area (Å²) in [5, 5.41) is 11.4. The van der Waals surface area contributed by atoms with Crippen molar-refractivity contribution in [3.63, 3.8) is 0 Å². The quantitative estimate of drug-likeness (QED) is 0.460. The van der Waals surface area contributed by atoms with Crippen molar-refractivity contribution >= 4 is 37.5 Å². The molecule has 0 N–H and O–H groups in total. The van der Waals surface area contributed by atoms with Gasteiger partial charge >= 0.3 is 0 Å². The zero-order valence-corrected chi connectivity index (χ0v) is 11.8. The molecular weight excluding hydrogens is 342 g/mol. The summed E-state index contributed by atoms with van der Waals surface area (Å²) in [6.45, 7) is 2.55. The number of hydrogen-bond acceptors (Lipinski definition) is 3. The van der Waals surface area contributed by atoms with Gasteiger partial charge in [0, 0.05) is 11.4 Å². The summed E-state index contributed by atoms with van der Waals surface area (Å²) in [7, 11) is 0. The van der Waals surface area contributed by atoms with E-state index in [1.165, 1.54) is 12.1 Å². The fourth-order valence-electron chi connectivity index (χ4n) is 0.993. The summed E-state index contributed by atoms with van der Waals surface area (Å²) in [5.74, 6) is 0.855. The molecule has 1 aromatic rings. The van der Waals surface area contributed by atoms with Crippen LogP contribution in [0.25, 0.3) is 0 Å². The number of hydrogen-bond donors (Lipinski definition) is 0. The number of nitro groups is 1. The number of benzene rings is 1. The van der Waals surface area contributed by atoms with Crippen molar-refractivity contribution in [2.24, 2.45) is 5.92 Å². The topological polar surface area (TPSA) is 52.4 Å². The number of halogens is 2. The van der Waals surface area contributed by atoms with Gasteiger partial charge < -0.3 is 4.74 Å². The van der Waals surface area contributed by atoms with E-state index in [-0.39, 0.29) is 5.69 Å². The number of non-ortho nitro benzene ring substituents is 1. The first kappa shape index (κ1) is 13.4. The first-order valence-electron chi connectivity index (χ1n) is 4.67. The molecule has 16 heavy (non-hydrogen) atoms. The van der Waals surface area contributed by atoms with Crippen LogP contribution in [0.2, 0.25) is 0 Å². The van der Waals surface area contributed by atoms with E-state index < -0.39 is 4.92 Å². The van der Waals surface area contributed by atoms with Crippen molar-refractivity contribution in [2.75, 3.05) is 11.9 Å². The number of alkyl halides is 1. The Morgan fingerprint density at radius 3 is 2.81 bits per heavy atom. The highest BCUT2D eigenvalue weighted by Crippen LogP contribution is 2.29. The highest BCUT2D eigenvalue weighted by molar-refractivity contribution is 9.10. The zero-order chi connectivity index (χ0) is 12.1. The third kappa shape index (κ3) is 3.75. The molecule has 0 bridgehead atoms. The smallest absolute Gasteiger partial charge is 0.273 e. The molecule has 0 saturated carbocycles. The van der Waals surface area contributed by atoms with Crippen molar-refractivity contribution < 1.29 is 9.66 Å². The Morgan fingerprint density at radius 2 is 2.25 bits per heavy atom. The third-order valence-corrected chi connectivity index (χ3v) is 3.67. The van der Waals surface area contributed by atoms with Crippen LogP contribution in [0, 0.1) is 16.0 Å². The molecule has 0 fully saturated rings. The average molecular weight is 353 g/mol. The lowest BCUT2D eigenvalue weighted by Crippen LogP contribution is -2.09. The Kier molecular flexibility index (Phi) is 5.21. The van der Waals surface area contributed by atoms with Crippen molar-refractivity contribution in [2.45, 2.75) is 6.92 Å². The fraction of sp³-hybridized carbons (Fsp3) is 0.400. The predicted molar refractivity (Wildman–Crippen MR) is 69.2 cm³/mol. The lowest BCUT2D eigenvalue weighted by Gasteiger charge is -2.11. The van der Waals surface area contributed by atoms with E-state index >= 15 is 0 Å². The molecule has 0 heterocycles. The molecule has 0 radical (unpaired) electrons. The lowest BCUT2D eigenvalue weighted by atomic mass is 10.2. The molecule has 1 aromatic carbocycles. The van der Waals surface area contributed by atoms with Gasteiger partial charge in [0.2, 0.25) is 0 Å². The van der Waals surface area contributed by atoms with E-state index in [1.807, 2.05) is 6.92 Å². The molecule has 0 amide bonds. The second-order valence-corrected chi connectivity index (χ2v) is 4.94. The molecule has 0 saturated heterocycles. The van der Waals surface area contributed by atoms with E-state index in [0.717, 1.165) is 9.80 Å². The van der Waals surface area contributed by atoms with Crippen molar-refractivity contribution in [1.82, 2.24) is 0 Å². The summed E-state index contributed by atoms with van der Waals surface area (Å²) in [6, 6.07) is 4.47. The zero-order valence-electron chi connectivity index (χ0n) is 8.65. The highest BCUT2D eigenvalue weighted by Gasteiger charge is 2.11. The van der Waals surface area contributed by atoms with E-state index in [0.29, 0.717) is 18.3 Å². The molecule has 0 aliphatic heterocycles. The van der Waals surface area contributed by atoms with E-state index in [2.05, 4.69) is 31.9 Å². The first-order valence-corrected chi connectivity index (χ1v) is 6.58. The maximum atomic E-state index is 10.6. The van der Waals surface area contributed by atoms with E-state index in [4.69, 9.17) is 4.74 Å². The van der Waals surface area contributed by atoms with Crippen LogP contribution in [0.15, 0.2) is 22.7 Å². The number of nitro benzene ring substituents is 1. The van der Waals surface area contributed by atoms with Crippen molar-refractivity contribution in [3.8, 4) is 5.75 Å². The summed E-state index contributed by atoms with van der Waals surface area (Å²) < 4.78 is 6.22. The first-order chi connectivity index (χ1) is 7.54. The van der Waals surface area contributed by atoms with Gasteiger partial charge in [0.05, 0.1) is 22.1 Å². The Hall–Kier alpha value is -0.620. The fourth-order valence-corrected chi connectivity index (χ4v) is 1.54. The van der Waals surface area contributed by atoms with Gasteiger partial charge in [-0.2, -0.15) is 0 Å². The molecule has 0 aliphatic carbocycles. The van der Waals surface area contributed by atoms with E-state index in [1.54, 1.807) is 6.07 Å². The molecule has 1 atom stereocenters. The molecule has 0 spiro atoms. The van der Waals surface area contributed by atoms with Gasteiger partial charge in [0.15, 0.2) is 0 Å². The van der Waals surface area contributed by atoms with Crippen LogP contribution in [0.1, 0.15) is 6.92 Å². The lowest BCUT2D eigenvalue weighted by molar-refractivity contribution is -0.385. The third-order valence-electron chi connectivity index (χ3n) is 1.91. The average Bonchev–Trinajstić information content (AvgIpc) is 2.27. The normalized spacial score (nSPS) is 12.2. The maximum Gasteiger partial charge on any atom is 0.273 e. The number of ether oxygens (including phenoxy) is 1. The minimum absolute atomic E-state index is 0.0321. The van der Waals surface area contributed by atoms with Gasteiger partial charge in [-0.05, 0) is 27.9 Å². The molecule has 88 valence electrons. The maximum absolute atomic E-state index is 10.6. The largest absolute Gasteiger partial charge is 0.492 e. The van der Waals surface area contributed by atoms with Gasteiger partial charge in [-0.25, -0.2) is 0 Å². The monoisotopic (exact) mass is 351 g/mol. The van der Waals surface area contributed by atoms with Gasteiger partial charge in [-0.3, -0.25) is 10.1 Å². The minimum Gasteiger partial charge on any atom is -0.492 e. The minimum atomic E-state index is -0.437. The van der Waals surface area contributed by atoms with E-state index in [9.17, 15) is 10.1 Å². The predicted octanol–water partition coefficient (Wildman–Crippen LogP) is 3.77. The summed E-state index contributed by atoms with van der Waals surface area (Å²) >= 11 is 6.64. The second kappa shape index (κ2) is 6.20. The van der Waals surface area contributed by atoms with Crippen LogP contribution in [0.3, 0.4) is 0 Å². The van der Waals surface area contributed by atoms with Crippen LogP contribution in [-0.4, -0.2) is 16.9 Å². The molecule has 6 heteroatoms. The molecule has 0 aromatic heterocycles. The summed E-state index contributed by atoms with van der Waals surface area (Å²) in [5.41, 5.74) is 0.0321. The summed E-state index contributed by atoms with van der Waals surface area (Å²) in [6.07, 6.45) is 0. The van der Waals surface area contributed by atoms with Gasteiger partial charge in [-0.15, -0.1) is 0 Å². The molecule has 0 aliphatic rings. The van der Waals surface area contributed by atoms with Crippen molar-refractivity contribution in [3.05, 3.63) is 32.8 Å².